The van der Waals surface area contributed by atoms with Crippen LogP contribution in [0.4, 0.5) is 5.69 Å². The van der Waals surface area contributed by atoms with E-state index in [1.807, 2.05) is 22.8 Å². The van der Waals surface area contributed by atoms with Crippen LogP contribution in [0.25, 0.3) is 11.3 Å². The maximum absolute atomic E-state index is 13.5. The summed E-state index contributed by atoms with van der Waals surface area (Å²) in [6.45, 7) is 10.4. The fraction of sp³-hybridized carbons (Fsp3) is 0.385. The SMILES string of the molecule is COc1cc2c(cc1OC)[C@H](C)[C@H](C)n1c-2cc(=Nc2c(C)cc(C)cc2C)n(C)c1=O.Cl. The second-order valence-electron chi connectivity index (χ2n) is 8.78. The van der Waals surface area contributed by atoms with Crippen LogP contribution in [-0.2, 0) is 7.05 Å². The summed E-state index contributed by atoms with van der Waals surface area (Å²) in [5, 5.41) is 0. The van der Waals surface area contributed by atoms with E-state index in [0.717, 1.165) is 33.6 Å². The number of nitrogens with zero attached hydrogens (tertiary/aromatic N) is 3. The van der Waals surface area contributed by atoms with Crippen molar-refractivity contribution in [2.24, 2.45) is 12.0 Å². The first-order valence-corrected chi connectivity index (χ1v) is 10.9. The van der Waals surface area contributed by atoms with Gasteiger partial charge in [-0.15, -0.1) is 12.4 Å². The number of hydrogen-bond donors (Lipinski definition) is 0. The summed E-state index contributed by atoms with van der Waals surface area (Å²) in [6.07, 6.45) is 0. The van der Waals surface area contributed by atoms with Crippen molar-refractivity contribution in [2.45, 2.75) is 46.6 Å². The Morgan fingerprint density at radius 3 is 2.06 bits per heavy atom. The fourth-order valence-corrected chi connectivity index (χ4v) is 4.80. The first-order valence-electron chi connectivity index (χ1n) is 10.9. The molecule has 0 radical (unpaired) electrons. The maximum atomic E-state index is 13.5. The molecule has 176 valence electrons. The minimum Gasteiger partial charge on any atom is -0.493 e. The molecule has 0 fully saturated rings. The quantitative estimate of drug-likeness (QED) is 0.534. The van der Waals surface area contributed by atoms with Gasteiger partial charge in [-0.3, -0.25) is 9.13 Å². The van der Waals surface area contributed by atoms with Crippen molar-refractivity contribution in [3.05, 3.63) is 68.6 Å². The van der Waals surface area contributed by atoms with Crippen molar-refractivity contribution in [1.82, 2.24) is 9.13 Å². The molecule has 3 aromatic rings. The van der Waals surface area contributed by atoms with Gasteiger partial charge in [0.05, 0.1) is 25.6 Å². The lowest BCUT2D eigenvalue weighted by Crippen LogP contribution is -2.42. The minimum atomic E-state index is -0.0801. The number of hydrogen-bond acceptors (Lipinski definition) is 4. The molecule has 0 amide bonds. The lowest BCUT2D eigenvalue weighted by atomic mass is 9.85. The van der Waals surface area contributed by atoms with Crippen molar-refractivity contribution in [2.75, 3.05) is 14.2 Å². The third-order valence-electron chi connectivity index (χ3n) is 6.68. The minimum absolute atomic E-state index is 0. The monoisotopic (exact) mass is 469 g/mol. The van der Waals surface area contributed by atoms with Crippen molar-refractivity contribution in [3.63, 3.8) is 0 Å². The summed E-state index contributed by atoms with van der Waals surface area (Å²) < 4.78 is 14.6. The Balaban J connectivity index is 0.00000306. The van der Waals surface area contributed by atoms with E-state index in [9.17, 15) is 4.79 Å². The topological polar surface area (TPSA) is 57.8 Å². The second-order valence-corrected chi connectivity index (χ2v) is 8.78. The Kier molecular flexibility index (Phi) is 6.80. The molecule has 1 aromatic heterocycles. The number of benzene rings is 2. The van der Waals surface area contributed by atoms with Crippen LogP contribution < -0.4 is 20.7 Å². The van der Waals surface area contributed by atoms with Gasteiger partial charge >= 0.3 is 5.69 Å². The molecule has 1 aliphatic heterocycles. The number of rotatable bonds is 3. The van der Waals surface area contributed by atoms with Crippen LogP contribution in [0.1, 0.15) is 48.1 Å². The second kappa shape index (κ2) is 9.10. The van der Waals surface area contributed by atoms with Gasteiger partial charge in [0.25, 0.3) is 0 Å². The zero-order valence-corrected chi connectivity index (χ0v) is 21.3. The smallest absolute Gasteiger partial charge is 0.330 e. The van der Waals surface area contributed by atoms with Gasteiger partial charge in [-0.2, -0.15) is 0 Å². The Morgan fingerprint density at radius 2 is 1.48 bits per heavy atom. The summed E-state index contributed by atoms with van der Waals surface area (Å²) in [5.41, 5.74) is 7.78. The highest BCUT2D eigenvalue weighted by Crippen LogP contribution is 2.45. The van der Waals surface area contributed by atoms with Crippen molar-refractivity contribution < 1.29 is 9.47 Å². The van der Waals surface area contributed by atoms with Crippen LogP contribution >= 0.6 is 12.4 Å². The van der Waals surface area contributed by atoms with E-state index >= 15 is 0 Å². The van der Waals surface area contributed by atoms with E-state index in [1.165, 1.54) is 5.56 Å². The lowest BCUT2D eigenvalue weighted by molar-refractivity contribution is 0.352. The molecule has 7 heteroatoms. The number of aryl methyl sites for hydroxylation is 3. The van der Waals surface area contributed by atoms with Gasteiger partial charge in [-0.1, -0.05) is 24.6 Å². The zero-order chi connectivity index (χ0) is 23.3. The molecule has 2 aromatic carbocycles. The summed E-state index contributed by atoms with van der Waals surface area (Å²) in [4.78, 5) is 18.4. The fourth-order valence-electron chi connectivity index (χ4n) is 4.80. The molecule has 0 saturated carbocycles. The predicted molar refractivity (Wildman–Crippen MR) is 134 cm³/mol. The predicted octanol–water partition coefficient (Wildman–Crippen LogP) is 5.13. The zero-order valence-electron chi connectivity index (χ0n) is 20.5. The molecule has 6 nitrogen and oxygen atoms in total. The molecular weight excluding hydrogens is 438 g/mol. The van der Waals surface area contributed by atoms with Gasteiger partial charge in [-0.25, -0.2) is 9.79 Å². The van der Waals surface area contributed by atoms with Gasteiger partial charge in [0.2, 0.25) is 0 Å². The summed E-state index contributed by atoms with van der Waals surface area (Å²) >= 11 is 0. The van der Waals surface area contributed by atoms with Gasteiger partial charge < -0.3 is 9.47 Å². The van der Waals surface area contributed by atoms with Crippen molar-refractivity contribution in [3.8, 4) is 22.8 Å². The van der Waals surface area contributed by atoms with E-state index in [-0.39, 0.29) is 30.1 Å². The number of methoxy groups -OCH3 is 2. The van der Waals surface area contributed by atoms with Crippen molar-refractivity contribution in [1.29, 1.82) is 0 Å². The summed E-state index contributed by atoms with van der Waals surface area (Å²) in [6, 6.07) is 10.2. The van der Waals surface area contributed by atoms with Gasteiger partial charge in [-0.05, 0) is 56.5 Å². The molecule has 2 heterocycles. The van der Waals surface area contributed by atoms with Crippen LogP contribution in [0.15, 0.2) is 40.1 Å². The van der Waals surface area contributed by atoms with Crippen molar-refractivity contribution >= 4 is 18.1 Å². The summed E-state index contributed by atoms with van der Waals surface area (Å²) in [7, 11) is 5.05. The molecule has 0 bridgehead atoms. The Hall–Kier alpha value is -2.99. The Labute approximate surface area is 200 Å². The number of ether oxygens (including phenoxy) is 2. The molecule has 4 rings (SSSR count). The first kappa shape index (κ1) is 24.6. The first-order chi connectivity index (χ1) is 15.2. The maximum Gasteiger partial charge on any atom is 0.330 e. The highest BCUT2D eigenvalue weighted by Gasteiger charge is 2.31. The highest BCUT2D eigenvalue weighted by molar-refractivity contribution is 5.85. The van der Waals surface area contributed by atoms with E-state index in [0.29, 0.717) is 17.0 Å². The Morgan fingerprint density at radius 1 is 0.909 bits per heavy atom. The molecule has 2 atom stereocenters. The largest absolute Gasteiger partial charge is 0.493 e. The molecule has 0 spiro atoms. The van der Waals surface area contributed by atoms with Gasteiger partial charge in [0.15, 0.2) is 11.5 Å². The van der Waals surface area contributed by atoms with E-state index in [1.54, 1.807) is 25.8 Å². The third kappa shape index (κ3) is 3.97. The van der Waals surface area contributed by atoms with Crippen LogP contribution in [-0.4, -0.2) is 23.4 Å². The van der Waals surface area contributed by atoms with Crippen LogP contribution in [0.5, 0.6) is 11.5 Å². The molecule has 33 heavy (non-hydrogen) atoms. The third-order valence-corrected chi connectivity index (χ3v) is 6.68. The van der Waals surface area contributed by atoms with E-state index in [4.69, 9.17) is 14.5 Å². The number of fused-ring (bicyclic) bond motifs is 3. The average Bonchev–Trinajstić information content (AvgIpc) is 2.76. The molecule has 0 aliphatic carbocycles. The molecule has 1 aliphatic rings. The normalized spacial score (nSPS) is 17.2. The Bertz CT molecular complexity index is 1330. The van der Waals surface area contributed by atoms with Gasteiger partial charge in [0.1, 0.15) is 5.49 Å². The highest BCUT2D eigenvalue weighted by atomic mass is 35.5. The van der Waals surface area contributed by atoms with Crippen LogP contribution in [0, 0.1) is 20.8 Å². The molecule has 0 N–H and O–H groups in total. The lowest BCUT2D eigenvalue weighted by Gasteiger charge is -2.33. The van der Waals surface area contributed by atoms with E-state index < -0.39 is 0 Å². The summed E-state index contributed by atoms with van der Waals surface area (Å²) in [5.74, 6) is 1.47. The standard InChI is InChI=1S/C26H31N3O3.ClH/c1-14-9-15(2)25(16(3)10-14)27-24-13-21-20-12-23(32-8)22(31-7)11-19(20)17(4)18(5)29(21)26(30)28(24)6;/h9-13,17-18H,1-8H3;1H/t17-,18+;/m1./s1. The number of aromatic nitrogens is 2. The van der Waals surface area contributed by atoms with Crippen LogP contribution in [0.3, 0.4) is 0 Å². The molecule has 0 unspecified atom stereocenters. The van der Waals surface area contributed by atoms with Crippen LogP contribution in [0.2, 0.25) is 0 Å². The molecular formula is C26H32ClN3O3. The van der Waals surface area contributed by atoms with E-state index in [2.05, 4.69) is 46.8 Å². The number of halogens is 1. The van der Waals surface area contributed by atoms with Gasteiger partial charge in [0, 0.05) is 30.6 Å². The molecule has 0 saturated heterocycles. The average molecular weight is 470 g/mol.